The minimum Gasteiger partial charge on any atom is -0.517 e. The third-order valence-corrected chi connectivity index (χ3v) is 10.1. The summed E-state index contributed by atoms with van der Waals surface area (Å²) in [5.41, 5.74) is 6.43. The number of non-ortho nitro benzene ring substituents is 1. The number of para-hydroxylation sites is 1. The van der Waals surface area contributed by atoms with Gasteiger partial charge in [-0.05, 0) is 55.0 Å². The topological polar surface area (TPSA) is 55.6 Å². The summed E-state index contributed by atoms with van der Waals surface area (Å²) in [6.07, 6.45) is 3.22. The van der Waals surface area contributed by atoms with Crippen molar-refractivity contribution in [1.82, 2.24) is 0 Å². The number of anilines is 1. The zero-order chi connectivity index (χ0) is 32.9. The minimum absolute atomic E-state index is 0.00360. The molecule has 0 saturated carbocycles. The van der Waals surface area contributed by atoms with Gasteiger partial charge in [0.15, 0.2) is 0 Å². The van der Waals surface area contributed by atoms with Crippen LogP contribution in [0.4, 0.5) is 11.4 Å². The maximum atomic E-state index is 10.7. The fourth-order valence-corrected chi connectivity index (χ4v) is 8.23. The number of ether oxygens (including phenoxy) is 1. The van der Waals surface area contributed by atoms with E-state index < -0.39 is 18.4 Å². The first-order chi connectivity index (χ1) is 21.3. The van der Waals surface area contributed by atoms with Crippen molar-refractivity contribution in [3.63, 3.8) is 0 Å². The van der Waals surface area contributed by atoms with Crippen molar-refractivity contribution in [2.75, 3.05) is 4.90 Å². The van der Waals surface area contributed by atoms with Gasteiger partial charge in [-0.25, -0.2) is 6.54 Å². The van der Waals surface area contributed by atoms with E-state index in [1.165, 1.54) is 45.3 Å². The van der Waals surface area contributed by atoms with E-state index in [-0.39, 0.29) is 22.7 Å². The molecule has 1 aliphatic heterocycles. The van der Waals surface area contributed by atoms with Gasteiger partial charge in [0, 0.05) is 11.2 Å². The number of hydrogen-bond donors (Lipinski definition) is 0. The van der Waals surface area contributed by atoms with Crippen molar-refractivity contribution in [2.24, 2.45) is 0 Å². The van der Waals surface area contributed by atoms with Gasteiger partial charge in [-0.3, -0.25) is 0 Å². The van der Waals surface area contributed by atoms with E-state index in [9.17, 15) is 10.1 Å². The number of hydrogen-bond acceptors (Lipinski definition) is 4. The first kappa shape index (κ1) is 35.1. The zero-order valence-corrected chi connectivity index (χ0v) is 30.3. The fraction of sp³-hybridized carbons (Fsp3) is 0.351. The van der Waals surface area contributed by atoms with Crippen LogP contribution in [0, 0.1) is 16.7 Å². The molecule has 0 N–H and O–H groups in total. The molecule has 5 nitrogen and oxygen atoms in total. The van der Waals surface area contributed by atoms with E-state index in [2.05, 4.69) is 107 Å². The SMILES string of the molecule is CC(C)Oc1ccc([N+](=O)[O-])cc1[CH]=[Ru]([Cl])[Cl].CCc1cccc(CC)c1N1[CH-][C@@](C)(c2cccc3ccccc23)CC1(C)C. The summed E-state index contributed by atoms with van der Waals surface area (Å²) in [7, 11) is 11.6. The molecule has 1 saturated heterocycles. The van der Waals surface area contributed by atoms with Gasteiger partial charge in [0.2, 0.25) is 0 Å². The standard InChI is InChI=1S/C27H32N.C10H11NO3.2ClH.Ru/c1-6-20-13-10-14-21(7-2)25(20)28-19-27(5,18-26(28,3)4)24-17-11-15-22-12-8-9-16-23(22)24;1-7(2)14-10-5-4-9(11(12)13)6-8(10)3;;;/h8-17,19H,6-7,18H2,1-5H3;3-7H,1-2H3;2*1H;/q-1;;;;+2/p-2/t27-;;;;/m0..../s1. The molecule has 0 unspecified atom stereocenters. The van der Waals surface area contributed by atoms with Gasteiger partial charge in [-0.15, -0.1) is 5.41 Å². The molecule has 242 valence electrons. The van der Waals surface area contributed by atoms with Crippen LogP contribution in [0.1, 0.15) is 77.1 Å². The van der Waals surface area contributed by atoms with Gasteiger partial charge >= 0.3 is 112 Å². The molecule has 0 bridgehead atoms. The average molecular weight is 736 g/mol. The Labute approximate surface area is 281 Å². The first-order valence-corrected chi connectivity index (χ1v) is 20.8. The summed E-state index contributed by atoms with van der Waals surface area (Å²) in [4.78, 5) is 12.8. The normalized spacial score (nSPS) is 17.6. The Morgan fingerprint density at radius 1 is 0.978 bits per heavy atom. The van der Waals surface area contributed by atoms with E-state index >= 15 is 0 Å². The van der Waals surface area contributed by atoms with E-state index in [0.717, 1.165) is 19.3 Å². The number of rotatable bonds is 8. The maximum Gasteiger partial charge on any atom is 0.0140 e. The molecule has 4 aromatic carbocycles. The number of nitrogens with zero attached hydrogens (tertiary/aromatic N) is 2. The summed E-state index contributed by atoms with van der Waals surface area (Å²) in [6, 6.07) is 26.7. The second kappa shape index (κ2) is 14.8. The van der Waals surface area contributed by atoms with Gasteiger partial charge in [-0.2, -0.15) is 0 Å². The summed E-state index contributed by atoms with van der Waals surface area (Å²) < 4.78 is 7.17. The third kappa shape index (κ3) is 8.14. The van der Waals surface area contributed by atoms with Crippen LogP contribution in [0.5, 0.6) is 5.75 Å². The van der Waals surface area contributed by atoms with Crippen LogP contribution in [0.3, 0.4) is 0 Å². The number of nitro groups is 1. The number of fused-ring (bicyclic) bond motifs is 1. The van der Waals surface area contributed by atoms with Crippen LogP contribution < -0.4 is 9.64 Å². The zero-order valence-electron chi connectivity index (χ0n) is 27.1. The molecule has 45 heavy (non-hydrogen) atoms. The van der Waals surface area contributed by atoms with E-state index in [0.29, 0.717) is 11.3 Å². The maximum absolute atomic E-state index is 10.7. The Bertz CT molecular complexity index is 1670. The Kier molecular flexibility index (Phi) is 11.5. The predicted octanol–water partition coefficient (Wildman–Crippen LogP) is 10.5. The molecule has 0 spiro atoms. The van der Waals surface area contributed by atoms with Crippen LogP contribution >= 0.6 is 19.4 Å². The molecule has 1 aliphatic rings. The molecule has 1 atom stereocenters. The first-order valence-electron chi connectivity index (χ1n) is 15.3. The monoisotopic (exact) mass is 735 g/mol. The Balaban J connectivity index is 0.000000233. The van der Waals surface area contributed by atoms with E-state index in [1.54, 1.807) is 10.7 Å². The third-order valence-electron chi connectivity index (χ3n) is 8.23. The molecular weight excluding hydrogens is 692 g/mol. The Hall–Kier alpha value is -2.79. The molecule has 1 heterocycles. The van der Waals surface area contributed by atoms with Gasteiger partial charge in [0.05, 0.1) is 0 Å². The van der Waals surface area contributed by atoms with Crippen LogP contribution in [0.25, 0.3) is 10.8 Å². The molecule has 1 fully saturated rings. The second-order valence-electron chi connectivity index (χ2n) is 12.5. The Morgan fingerprint density at radius 2 is 1.60 bits per heavy atom. The molecular formula is C37H43Cl2N2O3Ru-. The number of benzene rings is 4. The average Bonchev–Trinajstić information content (AvgIpc) is 3.25. The molecule has 8 heteroatoms. The summed E-state index contributed by atoms with van der Waals surface area (Å²) >= 11 is -2.05. The Morgan fingerprint density at radius 3 is 2.20 bits per heavy atom. The number of halogens is 2. The van der Waals surface area contributed by atoms with Crippen LogP contribution in [-0.2, 0) is 31.8 Å². The quantitative estimate of drug-likeness (QED) is 0.0783. The predicted molar refractivity (Wildman–Crippen MR) is 188 cm³/mol. The van der Waals surface area contributed by atoms with Crippen molar-refractivity contribution in [3.8, 4) is 5.75 Å². The van der Waals surface area contributed by atoms with E-state index in [4.69, 9.17) is 24.1 Å². The van der Waals surface area contributed by atoms with Crippen molar-refractivity contribution < 1.29 is 23.2 Å². The van der Waals surface area contributed by atoms with Crippen molar-refractivity contribution in [1.29, 1.82) is 0 Å². The summed E-state index contributed by atoms with van der Waals surface area (Å²) in [5, 5.41) is 13.4. The van der Waals surface area contributed by atoms with Gasteiger partial charge < -0.3 is 4.90 Å². The van der Waals surface area contributed by atoms with Gasteiger partial charge in [0.1, 0.15) is 0 Å². The van der Waals surface area contributed by atoms with Crippen LogP contribution in [-0.4, -0.2) is 21.2 Å². The summed E-state index contributed by atoms with van der Waals surface area (Å²) in [5.74, 6) is 0.561. The molecule has 0 aromatic heterocycles. The molecule has 5 rings (SSSR count). The van der Waals surface area contributed by atoms with Crippen LogP contribution in [0.15, 0.2) is 78.9 Å². The van der Waals surface area contributed by atoms with Gasteiger partial charge in [-0.1, -0.05) is 87.0 Å². The second-order valence-corrected chi connectivity index (χ2v) is 18.2. The van der Waals surface area contributed by atoms with Gasteiger partial charge in [0.25, 0.3) is 0 Å². The number of aryl methyl sites for hydroxylation is 2. The smallest absolute Gasteiger partial charge is 0.0140 e. The number of nitro benzene ring substituents is 1. The molecule has 4 aromatic rings. The minimum atomic E-state index is -2.05. The van der Waals surface area contributed by atoms with Crippen molar-refractivity contribution in [2.45, 2.75) is 84.8 Å². The van der Waals surface area contributed by atoms with Crippen LogP contribution in [0.2, 0.25) is 0 Å². The van der Waals surface area contributed by atoms with Crippen molar-refractivity contribution in [3.05, 3.63) is 118 Å². The largest absolute Gasteiger partial charge is 0.517 e. The molecule has 0 radical (unpaired) electrons. The van der Waals surface area contributed by atoms with Crippen molar-refractivity contribution >= 4 is 46.1 Å². The molecule has 0 aliphatic carbocycles. The fourth-order valence-electron chi connectivity index (χ4n) is 6.44. The molecule has 0 amide bonds. The summed E-state index contributed by atoms with van der Waals surface area (Å²) in [6.45, 7) is 18.0. The van der Waals surface area contributed by atoms with E-state index in [1.807, 2.05) is 13.8 Å².